The van der Waals surface area contributed by atoms with Crippen molar-refractivity contribution in [1.29, 1.82) is 0 Å². The highest BCUT2D eigenvalue weighted by Crippen LogP contribution is 2.21. The quantitative estimate of drug-likeness (QED) is 0.836. The number of piperidine rings is 1. The van der Waals surface area contributed by atoms with Gasteiger partial charge < -0.3 is 10.2 Å². The lowest BCUT2D eigenvalue weighted by Crippen LogP contribution is -2.39. The predicted molar refractivity (Wildman–Crippen MR) is 72.6 cm³/mol. The van der Waals surface area contributed by atoms with E-state index in [4.69, 9.17) is 11.6 Å². The highest BCUT2D eigenvalue weighted by atomic mass is 35.5. The van der Waals surface area contributed by atoms with Crippen LogP contribution in [0.15, 0.2) is 18.3 Å². The summed E-state index contributed by atoms with van der Waals surface area (Å²) in [5.41, 5.74) is 0.961. The van der Waals surface area contributed by atoms with Crippen LogP contribution in [0.5, 0.6) is 0 Å². The summed E-state index contributed by atoms with van der Waals surface area (Å²) in [6, 6.07) is 4.44. The molecule has 0 saturated carbocycles. The summed E-state index contributed by atoms with van der Waals surface area (Å²) in [7, 11) is 0. The smallest absolute Gasteiger partial charge is 0.152 e. The minimum absolute atomic E-state index is 0.532. The van der Waals surface area contributed by atoms with Crippen molar-refractivity contribution in [3.8, 4) is 0 Å². The number of pyridine rings is 1. The standard InChI is InChI=1S/C13H20ClN3/c1-2-8-17-9-5-11(6-10-17)16-12-4-3-7-15-13(12)14/h3-4,7,11,16H,2,5-6,8-10H2,1H3. The predicted octanol–water partition coefficient (Wildman–Crippen LogP) is 3.02. The highest BCUT2D eigenvalue weighted by Gasteiger charge is 2.18. The summed E-state index contributed by atoms with van der Waals surface area (Å²) in [4.78, 5) is 6.61. The van der Waals surface area contributed by atoms with Crippen LogP contribution in [0.25, 0.3) is 0 Å². The minimum atomic E-state index is 0.532. The molecule has 17 heavy (non-hydrogen) atoms. The molecule has 0 spiro atoms. The number of nitrogens with zero attached hydrogens (tertiary/aromatic N) is 2. The molecule has 2 heterocycles. The van der Waals surface area contributed by atoms with Crippen LogP contribution in [0.3, 0.4) is 0 Å². The molecule has 0 radical (unpaired) electrons. The van der Waals surface area contributed by atoms with E-state index in [1.54, 1.807) is 6.20 Å². The van der Waals surface area contributed by atoms with Crippen molar-refractivity contribution in [2.45, 2.75) is 32.2 Å². The molecule has 2 rings (SSSR count). The molecule has 1 saturated heterocycles. The van der Waals surface area contributed by atoms with E-state index in [0.29, 0.717) is 11.2 Å². The lowest BCUT2D eigenvalue weighted by Gasteiger charge is -2.32. The van der Waals surface area contributed by atoms with E-state index in [-0.39, 0.29) is 0 Å². The molecule has 0 aromatic carbocycles. The Bertz CT molecular complexity index is 348. The van der Waals surface area contributed by atoms with Crippen molar-refractivity contribution in [2.75, 3.05) is 25.0 Å². The number of hydrogen-bond acceptors (Lipinski definition) is 3. The Morgan fingerprint density at radius 3 is 2.88 bits per heavy atom. The average Bonchev–Trinajstić information content (AvgIpc) is 2.35. The van der Waals surface area contributed by atoms with Crippen molar-refractivity contribution in [1.82, 2.24) is 9.88 Å². The van der Waals surface area contributed by atoms with Gasteiger partial charge in [-0.3, -0.25) is 0 Å². The lowest BCUT2D eigenvalue weighted by molar-refractivity contribution is 0.219. The molecular formula is C13H20ClN3. The maximum atomic E-state index is 6.04. The van der Waals surface area contributed by atoms with Gasteiger partial charge in [0.05, 0.1) is 5.69 Å². The first kappa shape index (κ1) is 12.7. The van der Waals surface area contributed by atoms with E-state index in [0.717, 1.165) is 5.69 Å². The van der Waals surface area contributed by atoms with E-state index in [1.807, 2.05) is 12.1 Å². The first-order chi connectivity index (χ1) is 8.29. The van der Waals surface area contributed by atoms with E-state index in [1.165, 1.54) is 38.9 Å². The van der Waals surface area contributed by atoms with Gasteiger partial charge in [0, 0.05) is 25.3 Å². The summed E-state index contributed by atoms with van der Waals surface area (Å²) >= 11 is 6.04. The van der Waals surface area contributed by atoms with Gasteiger partial charge in [-0.2, -0.15) is 0 Å². The minimum Gasteiger partial charge on any atom is -0.380 e. The molecule has 1 fully saturated rings. The Hall–Kier alpha value is -0.800. The SMILES string of the molecule is CCCN1CCC(Nc2cccnc2Cl)CC1. The number of hydrogen-bond donors (Lipinski definition) is 1. The maximum absolute atomic E-state index is 6.04. The van der Waals surface area contributed by atoms with Crippen molar-refractivity contribution < 1.29 is 0 Å². The fraction of sp³-hybridized carbons (Fsp3) is 0.615. The van der Waals surface area contributed by atoms with Gasteiger partial charge in [-0.05, 0) is 37.9 Å². The second kappa shape index (κ2) is 6.22. The second-order valence-corrected chi connectivity index (χ2v) is 4.96. The van der Waals surface area contributed by atoms with Crippen LogP contribution in [-0.2, 0) is 0 Å². The van der Waals surface area contributed by atoms with E-state index in [2.05, 4.69) is 22.1 Å². The highest BCUT2D eigenvalue weighted by molar-refractivity contribution is 6.31. The van der Waals surface area contributed by atoms with Crippen molar-refractivity contribution in [2.24, 2.45) is 0 Å². The molecular weight excluding hydrogens is 234 g/mol. The van der Waals surface area contributed by atoms with Crippen LogP contribution in [0.2, 0.25) is 5.15 Å². The van der Waals surface area contributed by atoms with Gasteiger partial charge >= 0.3 is 0 Å². The van der Waals surface area contributed by atoms with E-state index < -0.39 is 0 Å². The molecule has 3 nitrogen and oxygen atoms in total. The van der Waals surface area contributed by atoms with Crippen LogP contribution in [-0.4, -0.2) is 35.6 Å². The molecule has 1 aromatic rings. The maximum Gasteiger partial charge on any atom is 0.152 e. The zero-order valence-corrected chi connectivity index (χ0v) is 11.1. The van der Waals surface area contributed by atoms with Crippen LogP contribution >= 0.6 is 11.6 Å². The lowest BCUT2D eigenvalue weighted by atomic mass is 10.0. The van der Waals surface area contributed by atoms with Gasteiger partial charge in [-0.15, -0.1) is 0 Å². The molecule has 1 aliphatic heterocycles. The summed E-state index contributed by atoms with van der Waals surface area (Å²) in [5.74, 6) is 0. The van der Waals surface area contributed by atoms with Gasteiger partial charge in [0.2, 0.25) is 0 Å². The first-order valence-corrected chi connectivity index (χ1v) is 6.77. The molecule has 1 N–H and O–H groups in total. The zero-order chi connectivity index (χ0) is 12.1. The van der Waals surface area contributed by atoms with E-state index >= 15 is 0 Å². The average molecular weight is 254 g/mol. The number of halogens is 1. The van der Waals surface area contributed by atoms with E-state index in [9.17, 15) is 0 Å². The van der Waals surface area contributed by atoms with Gasteiger partial charge in [0.1, 0.15) is 0 Å². The molecule has 0 bridgehead atoms. The third-order valence-corrected chi connectivity index (χ3v) is 3.55. The Balaban J connectivity index is 1.84. The van der Waals surface area contributed by atoms with Gasteiger partial charge in [0.25, 0.3) is 0 Å². The van der Waals surface area contributed by atoms with Gasteiger partial charge in [-0.25, -0.2) is 4.98 Å². The number of aromatic nitrogens is 1. The third-order valence-electron chi connectivity index (χ3n) is 3.25. The van der Waals surface area contributed by atoms with Gasteiger partial charge in [0.15, 0.2) is 5.15 Å². The summed E-state index contributed by atoms with van der Waals surface area (Å²) in [6.07, 6.45) is 5.33. The summed E-state index contributed by atoms with van der Waals surface area (Å²) in [6.45, 7) is 5.83. The monoisotopic (exact) mass is 253 g/mol. The fourth-order valence-corrected chi connectivity index (χ4v) is 2.50. The Kier molecular flexibility index (Phi) is 4.63. The van der Waals surface area contributed by atoms with Crippen molar-refractivity contribution >= 4 is 17.3 Å². The molecule has 0 atom stereocenters. The van der Waals surface area contributed by atoms with Crippen molar-refractivity contribution in [3.05, 3.63) is 23.5 Å². The first-order valence-electron chi connectivity index (χ1n) is 6.39. The van der Waals surface area contributed by atoms with Gasteiger partial charge in [-0.1, -0.05) is 18.5 Å². The number of nitrogens with one attached hydrogen (secondary N) is 1. The topological polar surface area (TPSA) is 28.2 Å². The van der Waals surface area contributed by atoms with Crippen molar-refractivity contribution in [3.63, 3.8) is 0 Å². The number of rotatable bonds is 4. The summed E-state index contributed by atoms with van der Waals surface area (Å²) < 4.78 is 0. The Morgan fingerprint density at radius 2 is 2.24 bits per heavy atom. The molecule has 0 aliphatic carbocycles. The van der Waals surface area contributed by atoms with Crippen LogP contribution in [0.1, 0.15) is 26.2 Å². The van der Waals surface area contributed by atoms with Crippen LogP contribution in [0.4, 0.5) is 5.69 Å². The second-order valence-electron chi connectivity index (χ2n) is 4.60. The molecule has 1 aliphatic rings. The van der Waals surface area contributed by atoms with Crippen LogP contribution in [0, 0.1) is 0 Å². The Morgan fingerprint density at radius 1 is 1.47 bits per heavy atom. The molecule has 4 heteroatoms. The fourth-order valence-electron chi connectivity index (χ4n) is 2.33. The number of likely N-dealkylation sites (tertiary alicyclic amines) is 1. The molecule has 0 amide bonds. The zero-order valence-electron chi connectivity index (χ0n) is 10.3. The number of anilines is 1. The normalized spacial score (nSPS) is 18.2. The van der Waals surface area contributed by atoms with Crippen LogP contribution < -0.4 is 5.32 Å². The third kappa shape index (κ3) is 3.58. The largest absolute Gasteiger partial charge is 0.380 e. The molecule has 1 aromatic heterocycles. The molecule has 94 valence electrons. The Labute approximate surface area is 108 Å². The summed E-state index contributed by atoms with van der Waals surface area (Å²) in [5, 5.41) is 4.06. The molecule has 0 unspecified atom stereocenters.